The van der Waals surface area contributed by atoms with E-state index in [1.807, 2.05) is 0 Å². The van der Waals surface area contributed by atoms with E-state index in [0.29, 0.717) is 0 Å². The van der Waals surface area contributed by atoms with Crippen LogP contribution in [0.5, 0.6) is 0 Å². The van der Waals surface area contributed by atoms with Gasteiger partial charge in [-0.05, 0) is 113 Å². The van der Waals surface area contributed by atoms with Gasteiger partial charge in [0.25, 0.3) is 6.71 Å². The van der Waals surface area contributed by atoms with Crippen LogP contribution in [-0.2, 0) is 0 Å². The number of hydrogen-bond acceptors (Lipinski definition) is 3. The molecule has 5 heteroatoms. The smallest absolute Gasteiger partial charge is 0.252 e. The first-order valence-corrected chi connectivity index (χ1v) is 21.7. The van der Waals surface area contributed by atoms with Crippen LogP contribution in [0, 0.1) is 0 Å². The third-order valence-electron chi connectivity index (χ3n) is 13.1. The Morgan fingerprint density at radius 2 is 0.810 bits per heavy atom. The topological polar surface area (TPSA) is 14.7 Å². The summed E-state index contributed by atoms with van der Waals surface area (Å²) in [7, 11) is 0. The van der Waals surface area contributed by atoms with E-state index in [4.69, 9.17) is 0 Å². The molecule has 0 amide bonds. The van der Waals surface area contributed by atoms with E-state index in [0.717, 1.165) is 34.1 Å². The Bertz CT molecular complexity index is 3480. The van der Waals surface area contributed by atoms with E-state index >= 15 is 0 Å². The number of para-hydroxylation sites is 6. The van der Waals surface area contributed by atoms with Gasteiger partial charge in [-0.25, -0.2) is 0 Å². The van der Waals surface area contributed by atoms with Gasteiger partial charge in [-0.3, -0.25) is 0 Å². The normalized spacial score (nSPS) is 12.7. The average molecular weight is 803 g/mol. The lowest BCUT2D eigenvalue weighted by molar-refractivity contribution is 1.18. The maximum atomic E-state index is 2.53. The molecule has 4 nitrogen and oxygen atoms in total. The summed E-state index contributed by atoms with van der Waals surface area (Å²) < 4.78 is 2.44. The van der Waals surface area contributed by atoms with E-state index in [1.165, 1.54) is 71.7 Å². The molecule has 0 radical (unpaired) electrons. The molecule has 0 spiro atoms. The highest BCUT2D eigenvalue weighted by atomic mass is 15.2. The van der Waals surface area contributed by atoms with Gasteiger partial charge in [0.2, 0.25) is 0 Å². The minimum atomic E-state index is -0.0785. The van der Waals surface area contributed by atoms with E-state index in [9.17, 15) is 0 Å². The molecule has 0 aliphatic carbocycles. The predicted molar refractivity (Wildman–Crippen MR) is 267 cm³/mol. The van der Waals surface area contributed by atoms with Crippen molar-refractivity contribution < 1.29 is 0 Å². The van der Waals surface area contributed by atoms with Crippen LogP contribution in [0.25, 0.3) is 38.3 Å². The molecule has 0 unspecified atom stereocenters. The van der Waals surface area contributed by atoms with Crippen molar-refractivity contribution in [3.63, 3.8) is 0 Å². The van der Waals surface area contributed by atoms with Gasteiger partial charge < -0.3 is 19.3 Å². The van der Waals surface area contributed by atoms with Gasteiger partial charge >= 0.3 is 0 Å². The summed E-state index contributed by atoms with van der Waals surface area (Å²) in [4.78, 5) is 7.45. The molecule has 2 aliphatic heterocycles. The lowest BCUT2D eigenvalue weighted by atomic mass is 9.33. The first-order chi connectivity index (χ1) is 31.3. The van der Waals surface area contributed by atoms with Crippen molar-refractivity contribution in [3.05, 3.63) is 237 Å². The quantitative estimate of drug-likeness (QED) is 0.156. The number of hydrogen-bond donors (Lipinski definition) is 0. The van der Waals surface area contributed by atoms with E-state index in [2.05, 4.69) is 256 Å². The minimum absolute atomic E-state index is 0.0785. The molecule has 1 aromatic heterocycles. The number of fused-ring (bicyclic) bond motifs is 9. The lowest BCUT2D eigenvalue weighted by Crippen LogP contribution is -2.61. The Morgan fingerprint density at radius 3 is 1.41 bits per heavy atom. The van der Waals surface area contributed by atoms with Crippen molar-refractivity contribution in [3.8, 4) is 5.69 Å². The molecular weight excluding hydrogens is 763 g/mol. The van der Waals surface area contributed by atoms with Crippen molar-refractivity contribution in [2.75, 3.05) is 14.7 Å². The molecule has 2 aliphatic rings. The Balaban J connectivity index is 1.18. The summed E-state index contributed by atoms with van der Waals surface area (Å²) in [5.41, 5.74) is 17.8. The van der Waals surface area contributed by atoms with Crippen molar-refractivity contribution in [1.82, 2.24) is 4.57 Å². The van der Waals surface area contributed by atoms with Gasteiger partial charge in [0.15, 0.2) is 0 Å². The molecule has 0 saturated carbocycles. The summed E-state index contributed by atoms with van der Waals surface area (Å²) in [6.45, 7) is -0.0785. The zero-order valence-electron chi connectivity index (χ0n) is 34.4. The molecule has 3 heterocycles. The van der Waals surface area contributed by atoms with Crippen LogP contribution in [0.1, 0.15) is 0 Å². The third-order valence-corrected chi connectivity index (χ3v) is 13.1. The van der Waals surface area contributed by atoms with Gasteiger partial charge in [0.1, 0.15) is 0 Å². The van der Waals surface area contributed by atoms with E-state index in [-0.39, 0.29) is 6.71 Å². The molecule has 0 atom stereocenters. The zero-order chi connectivity index (χ0) is 41.4. The van der Waals surface area contributed by atoms with Gasteiger partial charge in [0.05, 0.1) is 16.7 Å². The van der Waals surface area contributed by atoms with Crippen LogP contribution in [0.3, 0.4) is 0 Å². The maximum absolute atomic E-state index is 2.53. The summed E-state index contributed by atoms with van der Waals surface area (Å²) in [5.74, 6) is 0. The van der Waals surface area contributed by atoms with Crippen molar-refractivity contribution in [1.29, 1.82) is 0 Å². The van der Waals surface area contributed by atoms with Crippen molar-refractivity contribution >= 4 is 107 Å². The highest BCUT2D eigenvalue weighted by molar-refractivity contribution is 7.01. The fourth-order valence-corrected chi connectivity index (χ4v) is 10.6. The SMILES string of the molecule is c1ccc(N2c3cc4c(cc3B3c5c2cccc5N(c2ccccc2)c2cc(N(c5ccccc5)c5ccccc5)c5ccccc5c23)c2ccccc2n4-c2ccccc2)cc1. The summed E-state index contributed by atoms with van der Waals surface area (Å²) in [5, 5.41) is 4.92. The van der Waals surface area contributed by atoms with Gasteiger partial charge in [0, 0.05) is 67.3 Å². The van der Waals surface area contributed by atoms with Gasteiger partial charge in [-0.15, -0.1) is 0 Å². The Kier molecular flexibility index (Phi) is 7.97. The predicted octanol–water partition coefficient (Wildman–Crippen LogP) is 13.5. The molecule has 0 fully saturated rings. The van der Waals surface area contributed by atoms with Crippen LogP contribution in [0.15, 0.2) is 237 Å². The molecule has 294 valence electrons. The minimum Gasteiger partial charge on any atom is -0.311 e. The Hall–Kier alpha value is -8.28. The fourth-order valence-electron chi connectivity index (χ4n) is 10.6. The average Bonchev–Trinajstić information content (AvgIpc) is 3.68. The second-order valence-electron chi connectivity index (χ2n) is 16.5. The second-order valence-corrected chi connectivity index (χ2v) is 16.5. The standard InChI is InChI=1S/C58H39BN4/c1-6-21-40(22-7-1)60(41-23-8-2-9-24-41)53-39-56-57(47-33-17-16-31-45(47)53)59-49-37-48-46-32-18-19-34-50(46)61(42-25-10-3-11-26-42)54(48)38-55(49)62(43-27-12-4-13-28-43)51-35-20-36-52(58(51)59)63(56)44-29-14-5-15-30-44/h1-39H. The monoisotopic (exact) mass is 802 g/mol. The molecule has 11 aromatic rings. The van der Waals surface area contributed by atoms with E-state index in [1.54, 1.807) is 0 Å². The first kappa shape index (κ1) is 35.5. The largest absolute Gasteiger partial charge is 0.311 e. The summed E-state index contributed by atoms with van der Waals surface area (Å²) in [6.07, 6.45) is 0. The third kappa shape index (κ3) is 5.36. The maximum Gasteiger partial charge on any atom is 0.252 e. The number of anilines is 9. The number of rotatable bonds is 6. The van der Waals surface area contributed by atoms with Crippen LogP contribution in [-0.4, -0.2) is 11.3 Å². The second kappa shape index (κ2) is 14.2. The van der Waals surface area contributed by atoms with Gasteiger partial charge in [-0.2, -0.15) is 0 Å². The van der Waals surface area contributed by atoms with Crippen LogP contribution >= 0.6 is 0 Å². The first-order valence-electron chi connectivity index (χ1n) is 21.7. The Labute approximate surface area is 366 Å². The molecule has 10 aromatic carbocycles. The number of nitrogens with zero attached hydrogens (tertiary/aromatic N) is 4. The molecule has 13 rings (SSSR count). The molecule has 63 heavy (non-hydrogen) atoms. The zero-order valence-corrected chi connectivity index (χ0v) is 34.4. The molecule has 0 bridgehead atoms. The molecule has 0 saturated heterocycles. The van der Waals surface area contributed by atoms with Crippen LogP contribution in [0.4, 0.5) is 51.2 Å². The highest BCUT2D eigenvalue weighted by Crippen LogP contribution is 2.49. The lowest BCUT2D eigenvalue weighted by Gasteiger charge is -2.45. The van der Waals surface area contributed by atoms with Crippen LogP contribution in [0.2, 0.25) is 0 Å². The van der Waals surface area contributed by atoms with Crippen LogP contribution < -0.4 is 31.1 Å². The number of benzene rings is 10. The molecule has 0 N–H and O–H groups in total. The highest BCUT2D eigenvalue weighted by Gasteiger charge is 2.45. The van der Waals surface area contributed by atoms with Crippen molar-refractivity contribution in [2.24, 2.45) is 0 Å². The number of aromatic nitrogens is 1. The summed E-state index contributed by atoms with van der Waals surface area (Å²) >= 11 is 0. The summed E-state index contributed by atoms with van der Waals surface area (Å²) in [6, 6.07) is 86.5. The van der Waals surface area contributed by atoms with Crippen molar-refractivity contribution in [2.45, 2.75) is 0 Å². The van der Waals surface area contributed by atoms with Gasteiger partial charge in [-0.1, -0.05) is 146 Å². The van der Waals surface area contributed by atoms with E-state index < -0.39 is 0 Å². The Morgan fingerprint density at radius 1 is 0.317 bits per heavy atom. The molecular formula is C58H39BN4. The fraction of sp³-hybridized carbons (Fsp3) is 0.